The number of hydrazone groups is 1. The molecule has 1 fully saturated rings. The number of nitro benzene ring substituents is 1. The van der Waals surface area contributed by atoms with Crippen LogP contribution in [0.25, 0.3) is 0 Å². The number of hydrogen-bond donors (Lipinski definition) is 0. The third kappa shape index (κ3) is 3.55. The Labute approximate surface area is 131 Å². The Kier molecular flexibility index (Phi) is 5.00. The first kappa shape index (κ1) is 16.3. The fourth-order valence-electron chi connectivity index (χ4n) is 2.91. The lowest BCUT2D eigenvalue weighted by atomic mass is 10.00. The van der Waals surface area contributed by atoms with Gasteiger partial charge < -0.3 is 4.90 Å². The molecule has 6 heteroatoms. The van der Waals surface area contributed by atoms with E-state index in [2.05, 4.69) is 24.0 Å². The van der Waals surface area contributed by atoms with Crippen LogP contribution >= 0.6 is 0 Å². The van der Waals surface area contributed by atoms with Gasteiger partial charge in [0.05, 0.1) is 11.1 Å². The highest BCUT2D eigenvalue weighted by atomic mass is 16.6. The monoisotopic (exact) mass is 304 g/mol. The van der Waals surface area contributed by atoms with E-state index >= 15 is 0 Å². The van der Waals surface area contributed by atoms with E-state index in [1.807, 2.05) is 6.07 Å². The molecule has 120 valence electrons. The van der Waals surface area contributed by atoms with Crippen molar-refractivity contribution >= 4 is 17.6 Å². The first-order chi connectivity index (χ1) is 10.4. The van der Waals surface area contributed by atoms with Crippen molar-refractivity contribution in [2.45, 2.75) is 45.2 Å². The van der Waals surface area contributed by atoms with Gasteiger partial charge in [0.1, 0.15) is 5.69 Å². The van der Waals surface area contributed by atoms with Crippen LogP contribution in [0.1, 0.15) is 38.7 Å². The van der Waals surface area contributed by atoms with Crippen molar-refractivity contribution in [1.82, 2.24) is 5.01 Å². The van der Waals surface area contributed by atoms with Crippen molar-refractivity contribution in [3.05, 3.63) is 33.9 Å². The summed E-state index contributed by atoms with van der Waals surface area (Å²) in [5.41, 5.74) is 1.46. The van der Waals surface area contributed by atoms with Crippen molar-refractivity contribution in [3.63, 3.8) is 0 Å². The van der Waals surface area contributed by atoms with Crippen LogP contribution in [-0.4, -0.2) is 42.3 Å². The van der Waals surface area contributed by atoms with E-state index in [9.17, 15) is 10.1 Å². The molecule has 0 radical (unpaired) electrons. The van der Waals surface area contributed by atoms with Crippen LogP contribution in [0.5, 0.6) is 0 Å². The van der Waals surface area contributed by atoms with Crippen LogP contribution in [0.4, 0.5) is 11.4 Å². The molecule has 1 aromatic rings. The van der Waals surface area contributed by atoms with Gasteiger partial charge in [0, 0.05) is 37.8 Å². The molecule has 6 nitrogen and oxygen atoms in total. The predicted octanol–water partition coefficient (Wildman–Crippen LogP) is 3.26. The van der Waals surface area contributed by atoms with E-state index < -0.39 is 0 Å². The molecule has 0 aliphatic carbocycles. The molecule has 1 saturated heterocycles. The van der Waals surface area contributed by atoms with Crippen molar-refractivity contribution < 1.29 is 4.92 Å². The van der Waals surface area contributed by atoms with Gasteiger partial charge in [0.2, 0.25) is 0 Å². The van der Waals surface area contributed by atoms with Gasteiger partial charge in [-0.2, -0.15) is 5.10 Å². The van der Waals surface area contributed by atoms with Gasteiger partial charge in [-0.1, -0.05) is 6.07 Å². The summed E-state index contributed by atoms with van der Waals surface area (Å²) in [6.07, 6.45) is 5.24. The lowest BCUT2D eigenvalue weighted by Crippen LogP contribution is -2.39. The van der Waals surface area contributed by atoms with Crippen LogP contribution in [0, 0.1) is 10.1 Å². The van der Waals surface area contributed by atoms with Crippen LogP contribution in [0.15, 0.2) is 23.3 Å². The highest BCUT2D eigenvalue weighted by Gasteiger charge is 2.23. The average Bonchev–Trinajstić information content (AvgIpc) is 2.46. The topological polar surface area (TPSA) is 62.0 Å². The molecule has 2 atom stereocenters. The van der Waals surface area contributed by atoms with Crippen LogP contribution in [0.3, 0.4) is 0 Å². The van der Waals surface area contributed by atoms with E-state index in [0.717, 1.165) is 18.4 Å². The molecule has 0 unspecified atom stereocenters. The number of nitro groups is 1. The van der Waals surface area contributed by atoms with Crippen molar-refractivity contribution in [3.8, 4) is 0 Å². The molecule has 0 spiro atoms. The number of hydrogen-bond acceptors (Lipinski definition) is 5. The number of piperidine rings is 1. The van der Waals surface area contributed by atoms with E-state index in [1.165, 1.54) is 6.42 Å². The second-order valence-electron chi connectivity index (χ2n) is 6.15. The molecule has 1 aliphatic heterocycles. The Hall–Kier alpha value is -2.11. The number of benzene rings is 1. The Morgan fingerprint density at radius 1 is 1.32 bits per heavy atom. The van der Waals surface area contributed by atoms with Crippen LogP contribution < -0.4 is 4.90 Å². The summed E-state index contributed by atoms with van der Waals surface area (Å²) >= 11 is 0. The Balaban J connectivity index is 2.24. The molecule has 1 aliphatic rings. The molecule has 2 rings (SSSR count). The number of anilines is 1. The first-order valence-electron chi connectivity index (χ1n) is 7.68. The fourth-order valence-corrected chi connectivity index (χ4v) is 2.91. The summed E-state index contributed by atoms with van der Waals surface area (Å²) < 4.78 is 0. The molecular weight excluding hydrogens is 280 g/mol. The molecule has 0 aromatic heterocycles. The zero-order chi connectivity index (χ0) is 16.3. The van der Waals surface area contributed by atoms with Crippen LogP contribution in [-0.2, 0) is 0 Å². The molecular formula is C16H24N4O2. The average molecular weight is 304 g/mol. The molecule has 0 saturated carbocycles. The minimum Gasteiger partial charge on any atom is -0.372 e. The van der Waals surface area contributed by atoms with Crippen molar-refractivity contribution in [1.29, 1.82) is 0 Å². The lowest BCUT2D eigenvalue weighted by Gasteiger charge is -2.36. The summed E-state index contributed by atoms with van der Waals surface area (Å²) in [6.45, 7) is 4.34. The number of nitrogens with zero attached hydrogens (tertiary/aromatic N) is 4. The fraction of sp³-hybridized carbons (Fsp3) is 0.562. The minimum absolute atomic E-state index is 0.105. The zero-order valence-electron chi connectivity index (χ0n) is 13.7. The molecule has 22 heavy (non-hydrogen) atoms. The largest absolute Gasteiger partial charge is 0.372 e. The number of rotatable bonds is 4. The minimum atomic E-state index is -0.348. The first-order valence-corrected chi connectivity index (χ1v) is 7.68. The Morgan fingerprint density at radius 3 is 2.50 bits per heavy atom. The summed E-state index contributed by atoms with van der Waals surface area (Å²) in [4.78, 5) is 12.6. The summed E-state index contributed by atoms with van der Waals surface area (Å²) in [7, 11) is 3.60. The highest BCUT2D eigenvalue weighted by molar-refractivity contribution is 5.83. The van der Waals surface area contributed by atoms with E-state index in [4.69, 9.17) is 0 Å². The van der Waals surface area contributed by atoms with Gasteiger partial charge in [0.25, 0.3) is 5.69 Å². The van der Waals surface area contributed by atoms with Gasteiger partial charge in [-0.25, -0.2) is 0 Å². The van der Waals surface area contributed by atoms with Crippen molar-refractivity contribution in [2.75, 3.05) is 19.0 Å². The lowest BCUT2D eigenvalue weighted by molar-refractivity contribution is -0.384. The van der Waals surface area contributed by atoms with Gasteiger partial charge in [-0.3, -0.25) is 15.1 Å². The quantitative estimate of drug-likeness (QED) is 0.486. The van der Waals surface area contributed by atoms with Gasteiger partial charge in [-0.05, 0) is 39.2 Å². The van der Waals surface area contributed by atoms with Crippen LogP contribution in [0.2, 0.25) is 0 Å². The summed E-state index contributed by atoms with van der Waals surface area (Å²) in [5, 5.41) is 17.9. The Bertz CT molecular complexity index is 561. The standard InChI is InChI=1S/C16H24N4O2/c1-12-6-5-7-13(2)19(12)17-11-14-8-9-15(18(3)4)16(10-14)20(21)22/h8-13H,5-7H2,1-4H3/b17-11-/t12-,13-/m0/s1. The predicted molar refractivity (Wildman–Crippen MR) is 89.6 cm³/mol. The third-order valence-electron chi connectivity index (χ3n) is 4.17. The maximum atomic E-state index is 11.2. The zero-order valence-corrected chi connectivity index (χ0v) is 13.7. The molecule has 1 aromatic carbocycles. The maximum absolute atomic E-state index is 11.2. The maximum Gasteiger partial charge on any atom is 0.293 e. The smallest absolute Gasteiger partial charge is 0.293 e. The van der Waals surface area contributed by atoms with Gasteiger partial charge in [0.15, 0.2) is 0 Å². The summed E-state index contributed by atoms with van der Waals surface area (Å²) in [5.74, 6) is 0. The highest BCUT2D eigenvalue weighted by Crippen LogP contribution is 2.27. The molecule has 1 heterocycles. The second-order valence-corrected chi connectivity index (χ2v) is 6.15. The van der Waals surface area contributed by atoms with Gasteiger partial charge in [-0.15, -0.1) is 0 Å². The second kappa shape index (κ2) is 6.77. The Morgan fingerprint density at radius 2 is 1.95 bits per heavy atom. The molecule has 0 bridgehead atoms. The normalized spacial score (nSPS) is 22.1. The van der Waals surface area contributed by atoms with E-state index in [-0.39, 0.29) is 10.6 Å². The summed E-state index contributed by atoms with van der Waals surface area (Å²) in [6, 6.07) is 6.04. The SMILES string of the molecule is C[C@H]1CCC[C@H](C)N1/N=C\c1ccc(N(C)C)c([N+](=O)[O-])c1. The van der Waals surface area contributed by atoms with E-state index in [0.29, 0.717) is 17.8 Å². The third-order valence-corrected chi connectivity index (χ3v) is 4.17. The molecule has 0 amide bonds. The van der Waals surface area contributed by atoms with Gasteiger partial charge >= 0.3 is 0 Å². The molecule has 0 N–H and O–H groups in total. The van der Waals surface area contributed by atoms with Crippen molar-refractivity contribution in [2.24, 2.45) is 5.10 Å². The van der Waals surface area contributed by atoms with E-state index in [1.54, 1.807) is 37.3 Å².